The SMILES string of the molecule is COc1cc(C(C)C)cc(C=C(C#N)C#N)c1O. The van der Waals surface area contributed by atoms with Crippen LogP contribution in [0.1, 0.15) is 30.9 Å². The third-order valence-corrected chi connectivity index (χ3v) is 2.55. The predicted molar refractivity (Wildman–Crippen MR) is 68.0 cm³/mol. The van der Waals surface area contributed by atoms with Gasteiger partial charge in [0, 0.05) is 5.56 Å². The van der Waals surface area contributed by atoms with Crippen molar-refractivity contribution in [2.75, 3.05) is 7.11 Å². The normalized spacial score (nSPS) is 9.44. The van der Waals surface area contributed by atoms with Gasteiger partial charge in [0.25, 0.3) is 0 Å². The summed E-state index contributed by atoms with van der Waals surface area (Å²) in [6.45, 7) is 4.02. The molecular formula is C14H14N2O2. The molecule has 1 N–H and O–H groups in total. The van der Waals surface area contributed by atoms with Crippen molar-refractivity contribution < 1.29 is 9.84 Å². The fraction of sp³-hybridized carbons (Fsp3) is 0.286. The van der Waals surface area contributed by atoms with E-state index in [9.17, 15) is 5.11 Å². The molecule has 0 saturated heterocycles. The second-order valence-corrected chi connectivity index (χ2v) is 4.10. The Bertz CT molecular complexity index is 544. The Morgan fingerprint density at radius 3 is 2.39 bits per heavy atom. The number of rotatable bonds is 3. The molecular weight excluding hydrogens is 228 g/mol. The van der Waals surface area contributed by atoms with E-state index in [4.69, 9.17) is 15.3 Å². The van der Waals surface area contributed by atoms with Crippen LogP contribution in [0.15, 0.2) is 17.7 Å². The molecule has 1 rings (SSSR count). The number of allylic oxidation sites excluding steroid dienone is 1. The molecule has 92 valence electrons. The van der Waals surface area contributed by atoms with Crippen molar-refractivity contribution in [1.29, 1.82) is 10.5 Å². The molecule has 0 fully saturated rings. The highest BCUT2D eigenvalue weighted by Crippen LogP contribution is 2.35. The summed E-state index contributed by atoms with van der Waals surface area (Å²) in [5.41, 5.74) is 1.32. The maximum atomic E-state index is 9.95. The molecule has 18 heavy (non-hydrogen) atoms. The Balaban J connectivity index is 3.45. The standard InChI is InChI=1S/C14H14N2O2/c1-9(2)11-5-12(4-10(7-15)8-16)14(17)13(6-11)18-3/h4-6,9,17H,1-3H3. The highest BCUT2D eigenvalue weighted by Gasteiger charge is 2.11. The molecule has 0 aliphatic carbocycles. The lowest BCUT2D eigenvalue weighted by molar-refractivity contribution is 0.372. The molecule has 0 radical (unpaired) electrons. The Labute approximate surface area is 106 Å². The van der Waals surface area contributed by atoms with Crippen LogP contribution in [0.25, 0.3) is 6.08 Å². The Hall–Kier alpha value is -2.46. The Morgan fingerprint density at radius 2 is 1.94 bits per heavy atom. The smallest absolute Gasteiger partial charge is 0.165 e. The van der Waals surface area contributed by atoms with Gasteiger partial charge in [-0.25, -0.2) is 0 Å². The van der Waals surface area contributed by atoms with Crippen LogP contribution in [0.3, 0.4) is 0 Å². The molecule has 0 saturated carbocycles. The van der Waals surface area contributed by atoms with Crippen molar-refractivity contribution in [3.05, 3.63) is 28.8 Å². The van der Waals surface area contributed by atoms with E-state index >= 15 is 0 Å². The van der Waals surface area contributed by atoms with Crippen LogP contribution in [0.5, 0.6) is 11.5 Å². The van der Waals surface area contributed by atoms with E-state index in [1.54, 1.807) is 24.3 Å². The van der Waals surface area contributed by atoms with Gasteiger partial charge in [-0.2, -0.15) is 10.5 Å². The van der Waals surface area contributed by atoms with E-state index in [1.807, 2.05) is 13.8 Å². The monoisotopic (exact) mass is 242 g/mol. The summed E-state index contributed by atoms with van der Waals surface area (Å²) < 4.78 is 5.08. The zero-order valence-electron chi connectivity index (χ0n) is 10.6. The first-order chi connectivity index (χ1) is 8.53. The van der Waals surface area contributed by atoms with Crippen LogP contribution in [-0.4, -0.2) is 12.2 Å². The molecule has 0 aromatic heterocycles. The summed E-state index contributed by atoms with van der Waals surface area (Å²) >= 11 is 0. The fourth-order valence-corrected chi connectivity index (χ4v) is 1.50. The first kappa shape index (κ1) is 13.6. The number of benzene rings is 1. The molecule has 4 nitrogen and oxygen atoms in total. The topological polar surface area (TPSA) is 77.0 Å². The Kier molecular flexibility index (Phi) is 4.34. The number of phenolic OH excluding ortho intramolecular Hbond substituents is 1. The van der Waals surface area contributed by atoms with Gasteiger partial charge in [-0.3, -0.25) is 0 Å². The largest absolute Gasteiger partial charge is 0.504 e. The number of ether oxygens (including phenoxy) is 1. The summed E-state index contributed by atoms with van der Waals surface area (Å²) in [5, 5.41) is 27.4. The first-order valence-electron chi connectivity index (χ1n) is 5.46. The van der Waals surface area contributed by atoms with Crippen molar-refractivity contribution in [1.82, 2.24) is 0 Å². The lowest BCUT2D eigenvalue weighted by Crippen LogP contribution is -1.93. The average molecular weight is 242 g/mol. The van der Waals surface area contributed by atoms with Crippen LogP contribution in [0, 0.1) is 22.7 Å². The van der Waals surface area contributed by atoms with Crippen LogP contribution in [0.4, 0.5) is 0 Å². The number of nitriles is 2. The van der Waals surface area contributed by atoms with E-state index in [0.29, 0.717) is 11.3 Å². The van der Waals surface area contributed by atoms with Crippen LogP contribution in [-0.2, 0) is 0 Å². The highest BCUT2D eigenvalue weighted by atomic mass is 16.5. The van der Waals surface area contributed by atoms with Gasteiger partial charge in [-0.15, -0.1) is 0 Å². The van der Waals surface area contributed by atoms with Gasteiger partial charge in [0.05, 0.1) is 7.11 Å². The average Bonchev–Trinajstić information content (AvgIpc) is 2.37. The molecule has 4 heteroatoms. The summed E-state index contributed by atoms with van der Waals surface area (Å²) in [6.07, 6.45) is 1.35. The second kappa shape index (κ2) is 5.75. The third kappa shape index (κ3) is 2.81. The predicted octanol–water partition coefficient (Wildman–Crippen LogP) is 2.95. The third-order valence-electron chi connectivity index (χ3n) is 2.55. The van der Waals surface area contributed by atoms with Crippen molar-refractivity contribution in [3.8, 4) is 23.6 Å². The van der Waals surface area contributed by atoms with Crippen LogP contribution in [0.2, 0.25) is 0 Å². The molecule has 0 bridgehead atoms. The molecule has 0 amide bonds. The zero-order valence-corrected chi connectivity index (χ0v) is 10.6. The Morgan fingerprint density at radius 1 is 1.33 bits per heavy atom. The van der Waals surface area contributed by atoms with E-state index in [1.165, 1.54) is 13.2 Å². The highest BCUT2D eigenvalue weighted by molar-refractivity contribution is 5.69. The first-order valence-corrected chi connectivity index (χ1v) is 5.46. The van der Waals surface area contributed by atoms with Crippen LogP contribution >= 0.6 is 0 Å². The van der Waals surface area contributed by atoms with Crippen molar-refractivity contribution in [2.45, 2.75) is 19.8 Å². The maximum absolute atomic E-state index is 9.95. The number of phenols is 1. The van der Waals surface area contributed by atoms with Gasteiger partial charge in [0.1, 0.15) is 17.7 Å². The van der Waals surface area contributed by atoms with Crippen molar-refractivity contribution >= 4 is 6.08 Å². The van der Waals surface area contributed by atoms with E-state index in [0.717, 1.165) is 5.56 Å². The van der Waals surface area contributed by atoms with Crippen molar-refractivity contribution in [2.24, 2.45) is 0 Å². The summed E-state index contributed by atoms with van der Waals surface area (Å²) in [5.74, 6) is 0.520. The van der Waals surface area contributed by atoms with Gasteiger partial charge < -0.3 is 9.84 Å². The van der Waals surface area contributed by atoms with Gasteiger partial charge in [0.2, 0.25) is 0 Å². The molecule has 0 atom stereocenters. The number of hydrogen-bond donors (Lipinski definition) is 1. The molecule has 0 spiro atoms. The van der Waals surface area contributed by atoms with E-state index in [-0.39, 0.29) is 17.2 Å². The lowest BCUT2D eigenvalue weighted by Gasteiger charge is -2.12. The number of methoxy groups -OCH3 is 1. The summed E-state index contributed by atoms with van der Waals surface area (Å²) in [6, 6.07) is 7.02. The second-order valence-electron chi connectivity index (χ2n) is 4.10. The van der Waals surface area contributed by atoms with Gasteiger partial charge in [-0.1, -0.05) is 13.8 Å². The zero-order chi connectivity index (χ0) is 13.7. The van der Waals surface area contributed by atoms with Gasteiger partial charge >= 0.3 is 0 Å². The van der Waals surface area contributed by atoms with Gasteiger partial charge in [-0.05, 0) is 29.7 Å². The molecule has 0 heterocycles. The molecule has 0 unspecified atom stereocenters. The molecule has 1 aromatic carbocycles. The number of aromatic hydroxyl groups is 1. The van der Waals surface area contributed by atoms with Crippen LogP contribution < -0.4 is 4.74 Å². The minimum atomic E-state index is -0.0649. The number of hydrogen-bond acceptors (Lipinski definition) is 4. The van der Waals surface area contributed by atoms with Gasteiger partial charge in [0.15, 0.2) is 11.5 Å². The van der Waals surface area contributed by atoms with E-state index in [2.05, 4.69) is 0 Å². The molecule has 0 aliphatic rings. The lowest BCUT2D eigenvalue weighted by atomic mass is 9.98. The fourth-order valence-electron chi connectivity index (χ4n) is 1.50. The van der Waals surface area contributed by atoms with E-state index < -0.39 is 0 Å². The minimum absolute atomic E-state index is 0.0618. The van der Waals surface area contributed by atoms with Crippen molar-refractivity contribution in [3.63, 3.8) is 0 Å². The number of nitrogens with zero attached hydrogens (tertiary/aromatic N) is 2. The maximum Gasteiger partial charge on any atom is 0.165 e. The summed E-state index contributed by atoms with van der Waals surface area (Å²) in [7, 11) is 1.46. The summed E-state index contributed by atoms with van der Waals surface area (Å²) in [4.78, 5) is 0. The quantitative estimate of drug-likeness (QED) is 0.826. The molecule has 0 aliphatic heterocycles. The minimum Gasteiger partial charge on any atom is -0.504 e. The molecule has 1 aromatic rings.